The van der Waals surface area contributed by atoms with Crippen LogP contribution in [0.2, 0.25) is 0 Å². The number of pyridine rings is 1. The number of ether oxygens (including phenoxy) is 2. The van der Waals surface area contributed by atoms with Crippen LogP contribution in [0.3, 0.4) is 0 Å². The maximum atomic E-state index is 12.7. The van der Waals surface area contributed by atoms with Crippen LogP contribution < -0.4 is 14.4 Å². The number of rotatable bonds is 5. The van der Waals surface area contributed by atoms with Crippen molar-refractivity contribution >= 4 is 27.8 Å². The molecule has 1 aromatic carbocycles. The van der Waals surface area contributed by atoms with E-state index in [0.717, 1.165) is 15.8 Å². The highest BCUT2D eigenvalue weighted by molar-refractivity contribution is 9.10. The molecule has 7 heteroatoms. The first-order valence-corrected chi connectivity index (χ1v) is 8.30. The molecule has 0 atom stereocenters. The predicted octanol–water partition coefficient (Wildman–Crippen LogP) is 3.30. The van der Waals surface area contributed by atoms with Crippen LogP contribution in [0.25, 0.3) is 0 Å². The predicted molar refractivity (Wildman–Crippen MR) is 94.6 cm³/mol. The fourth-order valence-corrected chi connectivity index (χ4v) is 3.03. The number of carbonyl (C=O) groups excluding carboxylic acids is 1. The third-order valence-electron chi connectivity index (χ3n) is 3.90. The molecule has 0 aliphatic carbocycles. The summed E-state index contributed by atoms with van der Waals surface area (Å²) in [5.41, 5.74) is 1.03. The summed E-state index contributed by atoms with van der Waals surface area (Å²) in [7, 11) is 3.22. The van der Waals surface area contributed by atoms with Crippen LogP contribution in [0.4, 0.5) is 10.6 Å². The van der Waals surface area contributed by atoms with Gasteiger partial charge in [0, 0.05) is 31.9 Å². The van der Waals surface area contributed by atoms with E-state index in [0.29, 0.717) is 31.2 Å². The Morgan fingerprint density at radius 1 is 1.21 bits per heavy atom. The van der Waals surface area contributed by atoms with Gasteiger partial charge in [0.25, 0.3) is 0 Å². The second-order valence-electron chi connectivity index (χ2n) is 5.38. The van der Waals surface area contributed by atoms with Gasteiger partial charge >= 0.3 is 6.03 Å². The number of aromatic nitrogens is 1. The van der Waals surface area contributed by atoms with Gasteiger partial charge in [-0.25, -0.2) is 9.78 Å². The molecule has 1 fully saturated rings. The summed E-state index contributed by atoms with van der Waals surface area (Å²) < 4.78 is 11.3. The summed E-state index contributed by atoms with van der Waals surface area (Å²) >= 11 is 3.37. The summed E-state index contributed by atoms with van der Waals surface area (Å²) in [4.78, 5) is 20.5. The van der Waals surface area contributed by atoms with Gasteiger partial charge in [-0.15, -0.1) is 0 Å². The van der Waals surface area contributed by atoms with E-state index < -0.39 is 0 Å². The molecule has 126 valence electrons. The smallest absolute Gasteiger partial charge is 0.326 e. The van der Waals surface area contributed by atoms with Crippen molar-refractivity contribution in [2.45, 2.75) is 6.54 Å². The average molecular weight is 392 g/mol. The molecule has 0 radical (unpaired) electrons. The number of carbonyl (C=O) groups is 1. The van der Waals surface area contributed by atoms with Gasteiger partial charge in [-0.05, 0) is 33.6 Å². The summed E-state index contributed by atoms with van der Waals surface area (Å²) in [6, 6.07) is 9.44. The molecule has 1 aromatic heterocycles. The summed E-state index contributed by atoms with van der Waals surface area (Å²) in [5, 5.41) is 0. The standard InChI is InChI=1S/C17H18BrN3O3/c1-23-13-5-3-4-12(8-13)11-20-6-7-21(17(20)22)16-9-15(24-2)14(18)10-19-16/h3-5,8-10H,6-7,11H2,1-2H3. The van der Waals surface area contributed by atoms with E-state index in [1.54, 1.807) is 36.3 Å². The highest BCUT2D eigenvalue weighted by Gasteiger charge is 2.30. The van der Waals surface area contributed by atoms with Gasteiger partial charge in [-0.1, -0.05) is 12.1 Å². The van der Waals surface area contributed by atoms with Crippen LogP contribution in [-0.2, 0) is 6.54 Å². The minimum atomic E-state index is -0.0605. The molecule has 3 rings (SSSR count). The van der Waals surface area contributed by atoms with Crippen molar-refractivity contribution in [1.29, 1.82) is 0 Å². The van der Waals surface area contributed by atoms with Crippen molar-refractivity contribution in [1.82, 2.24) is 9.88 Å². The maximum absolute atomic E-state index is 12.7. The number of hydrogen-bond acceptors (Lipinski definition) is 4. The Bertz CT molecular complexity index is 754. The molecule has 24 heavy (non-hydrogen) atoms. The van der Waals surface area contributed by atoms with Crippen molar-refractivity contribution in [3.63, 3.8) is 0 Å². The van der Waals surface area contributed by atoms with E-state index in [4.69, 9.17) is 9.47 Å². The second kappa shape index (κ2) is 7.09. The molecule has 1 saturated heterocycles. The Hall–Kier alpha value is -2.28. The van der Waals surface area contributed by atoms with Crippen molar-refractivity contribution < 1.29 is 14.3 Å². The fraction of sp³-hybridized carbons (Fsp3) is 0.294. The molecule has 0 saturated carbocycles. The number of urea groups is 1. The zero-order valence-electron chi connectivity index (χ0n) is 13.5. The summed E-state index contributed by atoms with van der Waals surface area (Å²) in [6.07, 6.45) is 1.65. The topological polar surface area (TPSA) is 54.9 Å². The zero-order valence-corrected chi connectivity index (χ0v) is 15.1. The lowest BCUT2D eigenvalue weighted by molar-refractivity contribution is 0.218. The van der Waals surface area contributed by atoms with Crippen LogP contribution in [-0.4, -0.2) is 43.2 Å². The summed E-state index contributed by atoms with van der Waals surface area (Å²) in [5.74, 6) is 2.03. The number of methoxy groups -OCH3 is 2. The first-order valence-electron chi connectivity index (χ1n) is 7.51. The van der Waals surface area contributed by atoms with Gasteiger partial charge in [0.05, 0.1) is 18.7 Å². The van der Waals surface area contributed by atoms with Gasteiger partial charge in [0.2, 0.25) is 0 Å². The molecule has 2 aromatic rings. The molecule has 1 aliphatic heterocycles. The third-order valence-corrected chi connectivity index (χ3v) is 4.50. The minimum Gasteiger partial charge on any atom is -0.497 e. The van der Waals surface area contributed by atoms with Crippen LogP contribution in [0.1, 0.15) is 5.56 Å². The number of anilines is 1. The first-order chi connectivity index (χ1) is 11.6. The van der Waals surface area contributed by atoms with Crippen molar-refractivity contribution in [3.8, 4) is 11.5 Å². The van der Waals surface area contributed by atoms with Crippen molar-refractivity contribution in [2.24, 2.45) is 0 Å². The first kappa shape index (κ1) is 16.6. The van der Waals surface area contributed by atoms with E-state index >= 15 is 0 Å². The highest BCUT2D eigenvalue weighted by Crippen LogP contribution is 2.29. The second-order valence-corrected chi connectivity index (χ2v) is 6.24. The van der Waals surface area contributed by atoms with Gasteiger partial charge in [0.1, 0.15) is 17.3 Å². The Kier molecular flexibility index (Phi) is 4.89. The highest BCUT2D eigenvalue weighted by atomic mass is 79.9. The molecule has 2 heterocycles. The summed E-state index contributed by atoms with van der Waals surface area (Å²) in [6.45, 7) is 1.79. The van der Waals surface area contributed by atoms with E-state index in [1.165, 1.54) is 0 Å². The molecular formula is C17H18BrN3O3. The Balaban J connectivity index is 1.75. The molecule has 1 aliphatic rings. The van der Waals surface area contributed by atoms with Crippen molar-refractivity contribution in [2.75, 3.05) is 32.2 Å². The number of halogens is 1. The molecular weight excluding hydrogens is 374 g/mol. The van der Waals surface area contributed by atoms with E-state index in [9.17, 15) is 4.79 Å². The number of benzene rings is 1. The van der Waals surface area contributed by atoms with Gasteiger partial charge in [-0.2, -0.15) is 0 Å². The molecule has 6 nitrogen and oxygen atoms in total. The molecule has 0 bridgehead atoms. The lowest BCUT2D eigenvalue weighted by atomic mass is 10.2. The van der Waals surface area contributed by atoms with Gasteiger partial charge in [-0.3, -0.25) is 4.90 Å². The number of hydrogen-bond donors (Lipinski definition) is 0. The third kappa shape index (κ3) is 3.31. The van der Waals surface area contributed by atoms with Gasteiger partial charge in [0.15, 0.2) is 0 Å². The number of nitrogens with zero attached hydrogens (tertiary/aromatic N) is 3. The largest absolute Gasteiger partial charge is 0.497 e. The van der Waals surface area contributed by atoms with Crippen molar-refractivity contribution in [3.05, 3.63) is 46.6 Å². The molecule has 0 spiro atoms. The zero-order chi connectivity index (χ0) is 17.1. The lowest BCUT2D eigenvalue weighted by Gasteiger charge is -2.19. The Morgan fingerprint density at radius 2 is 2.04 bits per heavy atom. The van der Waals surface area contributed by atoms with Crippen LogP contribution in [0.5, 0.6) is 11.5 Å². The molecule has 0 N–H and O–H groups in total. The fourth-order valence-electron chi connectivity index (χ4n) is 2.65. The van der Waals surface area contributed by atoms with Crippen LogP contribution in [0.15, 0.2) is 41.0 Å². The monoisotopic (exact) mass is 391 g/mol. The van der Waals surface area contributed by atoms with E-state index in [-0.39, 0.29) is 6.03 Å². The van der Waals surface area contributed by atoms with Crippen LogP contribution >= 0.6 is 15.9 Å². The lowest BCUT2D eigenvalue weighted by Crippen LogP contribution is -2.31. The molecule has 0 unspecified atom stereocenters. The van der Waals surface area contributed by atoms with E-state index in [1.807, 2.05) is 24.3 Å². The number of amides is 2. The SMILES string of the molecule is COc1cccc(CN2CCN(c3cc(OC)c(Br)cn3)C2=O)c1. The Morgan fingerprint density at radius 3 is 2.79 bits per heavy atom. The van der Waals surface area contributed by atoms with Gasteiger partial charge < -0.3 is 14.4 Å². The molecule has 2 amide bonds. The normalized spacial score (nSPS) is 14.2. The minimum absolute atomic E-state index is 0.0605. The average Bonchev–Trinajstić information content (AvgIpc) is 2.96. The van der Waals surface area contributed by atoms with E-state index in [2.05, 4.69) is 20.9 Å². The maximum Gasteiger partial charge on any atom is 0.326 e. The van der Waals surface area contributed by atoms with Crippen LogP contribution in [0, 0.1) is 0 Å². The Labute approximate surface area is 149 Å². The quantitative estimate of drug-likeness (QED) is 0.784.